The summed E-state index contributed by atoms with van der Waals surface area (Å²) in [5, 5.41) is 5.10. The normalized spacial score (nSPS) is 12.5. The van der Waals surface area contributed by atoms with Crippen LogP contribution in [0.25, 0.3) is 10.2 Å². The van der Waals surface area contributed by atoms with Crippen molar-refractivity contribution in [3.05, 3.63) is 44.9 Å². The summed E-state index contributed by atoms with van der Waals surface area (Å²) in [6, 6.07) is 5.37. The largest absolute Gasteiger partial charge is 0.318 e. The third-order valence-corrected chi connectivity index (χ3v) is 5.32. The monoisotopic (exact) mass is 368 g/mol. The molecule has 0 saturated heterocycles. The summed E-state index contributed by atoms with van der Waals surface area (Å²) in [6.45, 7) is 3.93. The number of thiazole rings is 1. The van der Waals surface area contributed by atoms with Crippen molar-refractivity contribution < 1.29 is 4.79 Å². The molecule has 0 fully saturated rings. The standard InChI is InChI=1S/C15H14Cl2N4OS/c1-8(2)21-10(6-7-18-21)14(22)19-15-20(3)13-11(23-15)5-4-9(16)12(13)17/h4-8H,1-3H3. The van der Waals surface area contributed by atoms with Crippen molar-refractivity contribution >= 4 is 50.7 Å². The van der Waals surface area contributed by atoms with Gasteiger partial charge < -0.3 is 4.57 Å². The summed E-state index contributed by atoms with van der Waals surface area (Å²) in [4.78, 5) is 17.3. The molecule has 2 aromatic heterocycles. The molecule has 23 heavy (non-hydrogen) atoms. The molecule has 0 saturated carbocycles. The maximum Gasteiger partial charge on any atom is 0.297 e. The van der Waals surface area contributed by atoms with Gasteiger partial charge in [0.25, 0.3) is 5.91 Å². The van der Waals surface area contributed by atoms with Crippen LogP contribution in [0.5, 0.6) is 0 Å². The quantitative estimate of drug-likeness (QED) is 0.684. The smallest absolute Gasteiger partial charge is 0.297 e. The van der Waals surface area contributed by atoms with Crippen LogP contribution in [0.2, 0.25) is 10.0 Å². The number of hydrogen-bond acceptors (Lipinski definition) is 3. The Hall–Kier alpha value is -1.63. The Bertz CT molecular complexity index is 968. The first-order valence-corrected chi connectivity index (χ1v) is 8.53. The minimum atomic E-state index is -0.333. The predicted octanol–water partition coefficient (Wildman–Crippen LogP) is 4.07. The van der Waals surface area contributed by atoms with Crippen molar-refractivity contribution in [2.24, 2.45) is 12.0 Å². The van der Waals surface area contributed by atoms with Crippen LogP contribution in [0.1, 0.15) is 30.4 Å². The molecule has 3 rings (SSSR count). The molecule has 3 aromatic rings. The lowest BCUT2D eigenvalue weighted by Crippen LogP contribution is -2.16. The molecule has 0 aliphatic carbocycles. The van der Waals surface area contributed by atoms with Gasteiger partial charge >= 0.3 is 0 Å². The Labute approximate surface area is 146 Å². The maximum absolute atomic E-state index is 12.5. The molecule has 8 heteroatoms. The lowest BCUT2D eigenvalue weighted by Gasteiger charge is -2.07. The number of carbonyl (C=O) groups is 1. The van der Waals surface area contributed by atoms with Crippen LogP contribution in [0, 0.1) is 0 Å². The number of halogens is 2. The fraction of sp³-hybridized carbons (Fsp3) is 0.267. The molecule has 2 heterocycles. The Morgan fingerprint density at radius 2 is 2.04 bits per heavy atom. The molecule has 120 valence electrons. The van der Waals surface area contributed by atoms with Gasteiger partial charge in [-0.1, -0.05) is 34.5 Å². The average molecular weight is 369 g/mol. The van der Waals surface area contributed by atoms with Crippen LogP contribution in [0.4, 0.5) is 0 Å². The van der Waals surface area contributed by atoms with E-state index in [1.54, 1.807) is 27.6 Å². The van der Waals surface area contributed by atoms with E-state index in [1.165, 1.54) is 11.3 Å². The number of carbonyl (C=O) groups excluding carboxylic acids is 1. The van der Waals surface area contributed by atoms with E-state index in [2.05, 4.69) is 10.1 Å². The number of hydrogen-bond donors (Lipinski definition) is 0. The number of aromatic nitrogens is 3. The van der Waals surface area contributed by atoms with Gasteiger partial charge in [-0.2, -0.15) is 10.1 Å². The number of rotatable bonds is 2. The highest BCUT2D eigenvalue weighted by atomic mass is 35.5. The summed E-state index contributed by atoms with van der Waals surface area (Å²) in [6.07, 6.45) is 1.60. The van der Waals surface area contributed by atoms with Crippen LogP contribution in [0.15, 0.2) is 29.4 Å². The highest BCUT2D eigenvalue weighted by Gasteiger charge is 2.15. The van der Waals surface area contributed by atoms with Gasteiger partial charge in [0, 0.05) is 19.3 Å². The molecule has 0 N–H and O–H groups in total. The first-order valence-electron chi connectivity index (χ1n) is 6.96. The van der Waals surface area contributed by atoms with Gasteiger partial charge in [-0.3, -0.25) is 9.48 Å². The third-order valence-electron chi connectivity index (χ3n) is 3.43. The molecular formula is C15H14Cl2N4OS. The van der Waals surface area contributed by atoms with Crippen molar-refractivity contribution in [3.63, 3.8) is 0 Å². The molecule has 0 radical (unpaired) electrons. The van der Waals surface area contributed by atoms with E-state index in [-0.39, 0.29) is 11.9 Å². The number of nitrogens with zero attached hydrogens (tertiary/aromatic N) is 4. The Morgan fingerprint density at radius 3 is 2.74 bits per heavy atom. The maximum atomic E-state index is 12.5. The second-order valence-electron chi connectivity index (χ2n) is 5.32. The van der Waals surface area contributed by atoms with E-state index in [0.717, 1.165) is 10.2 Å². The van der Waals surface area contributed by atoms with Crippen molar-refractivity contribution in [3.8, 4) is 0 Å². The van der Waals surface area contributed by atoms with Gasteiger partial charge in [0.2, 0.25) is 0 Å². The zero-order valence-corrected chi connectivity index (χ0v) is 15.1. The summed E-state index contributed by atoms with van der Waals surface area (Å²) in [5.74, 6) is -0.333. The molecule has 0 aliphatic heterocycles. The number of aryl methyl sites for hydroxylation is 1. The van der Waals surface area contributed by atoms with Crippen LogP contribution in [-0.2, 0) is 7.05 Å². The van der Waals surface area contributed by atoms with Gasteiger partial charge in [-0.15, -0.1) is 0 Å². The Balaban J connectivity index is 2.15. The van der Waals surface area contributed by atoms with E-state index in [9.17, 15) is 4.79 Å². The summed E-state index contributed by atoms with van der Waals surface area (Å²) in [5.41, 5.74) is 1.23. The van der Waals surface area contributed by atoms with E-state index in [4.69, 9.17) is 23.2 Å². The van der Waals surface area contributed by atoms with E-state index < -0.39 is 0 Å². The highest BCUT2D eigenvalue weighted by molar-refractivity contribution is 7.16. The number of fused-ring (bicyclic) bond motifs is 1. The second-order valence-corrected chi connectivity index (χ2v) is 7.12. The molecule has 0 bridgehead atoms. The second kappa shape index (κ2) is 6.11. The third kappa shape index (κ3) is 2.82. The van der Waals surface area contributed by atoms with Gasteiger partial charge in [-0.25, -0.2) is 0 Å². The van der Waals surface area contributed by atoms with E-state index in [0.29, 0.717) is 20.5 Å². The first-order chi connectivity index (χ1) is 10.9. The minimum absolute atomic E-state index is 0.0866. The van der Waals surface area contributed by atoms with Crippen molar-refractivity contribution in [1.29, 1.82) is 0 Å². The molecular weight excluding hydrogens is 355 g/mol. The van der Waals surface area contributed by atoms with Crippen LogP contribution in [-0.4, -0.2) is 20.3 Å². The molecule has 1 amide bonds. The highest BCUT2D eigenvalue weighted by Crippen LogP contribution is 2.31. The number of amides is 1. The zero-order valence-electron chi connectivity index (χ0n) is 12.7. The van der Waals surface area contributed by atoms with E-state index in [1.807, 2.05) is 27.0 Å². The van der Waals surface area contributed by atoms with Crippen molar-refractivity contribution in [2.75, 3.05) is 0 Å². The van der Waals surface area contributed by atoms with Gasteiger partial charge in [0.15, 0.2) is 4.80 Å². The predicted molar refractivity (Wildman–Crippen MR) is 93.3 cm³/mol. The first kappa shape index (κ1) is 16.2. The van der Waals surface area contributed by atoms with Gasteiger partial charge in [0.05, 0.1) is 20.3 Å². The van der Waals surface area contributed by atoms with Crippen LogP contribution >= 0.6 is 34.5 Å². The lowest BCUT2D eigenvalue weighted by atomic mass is 10.3. The lowest BCUT2D eigenvalue weighted by molar-refractivity contribution is 0.0986. The molecule has 0 unspecified atom stereocenters. The molecule has 1 aromatic carbocycles. The summed E-state index contributed by atoms with van der Waals surface area (Å²) in [7, 11) is 1.81. The minimum Gasteiger partial charge on any atom is -0.318 e. The topological polar surface area (TPSA) is 52.2 Å². The SMILES string of the molecule is CC(C)n1nccc1C(=O)N=c1sc2ccc(Cl)c(Cl)c2n1C. The number of benzene rings is 1. The van der Waals surface area contributed by atoms with E-state index >= 15 is 0 Å². The van der Waals surface area contributed by atoms with Gasteiger partial charge in [-0.05, 0) is 32.0 Å². The van der Waals surface area contributed by atoms with Gasteiger partial charge in [0.1, 0.15) is 5.69 Å². The molecule has 5 nitrogen and oxygen atoms in total. The fourth-order valence-corrected chi connectivity index (χ4v) is 3.84. The Morgan fingerprint density at radius 1 is 1.30 bits per heavy atom. The molecule has 0 aliphatic rings. The van der Waals surface area contributed by atoms with Crippen molar-refractivity contribution in [1.82, 2.24) is 14.3 Å². The van der Waals surface area contributed by atoms with Crippen molar-refractivity contribution in [2.45, 2.75) is 19.9 Å². The average Bonchev–Trinajstić information content (AvgIpc) is 3.09. The Kier molecular flexibility index (Phi) is 4.31. The van der Waals surface area contributed by atoms with Crippen LogP contribution in [0.3, 0.4) is 0 Å². The fourth-order valence-electron chi connectivity index (χ4n) is 2.32. The zero-order chi connectivity index (χ0) is 16.7. The van der Waals surface area contributed by atoms with Crippen LogP contribution < -0.4 is 4.80 Å². The summed E-state index contributed by atoms with van der Waals surface area (Å²) < 4.78 is 4.36. The molecule has 0 atom stereocenters. The molecule has 0 spiro atoms. The summed E-state index contributed by atoms with van der Waals surface area (Å²) >= 11 is 13.7.